The van der Waals surface area contributed by atoms with Gasteiger partial charge in [-0.2, -0.15) is 0 Å². The first-order valence-electron chi connectivity index (χ1n) is 9.20. The van der Waals surface area contributed by atoms with Gasteiger partial charge in [0, 0.05) is 18.7 Å². The fraction of sp³-hybridized carbons (Fsp3) is 0.429. The minimum atomic E-state index is -0.0495. The molecular formula is C21H23NO2S. The zero-order valence-corrected chi connectivity index (χ0v) is 15.1. The van der Waals surface area contributed by atoms with E-state index in [2.05, 4.69) is 0 Å². The van der Waals surface area contributed by atoms with Gasteiger partial charge in [0.05, 0.1) is 10.4 Å². The lowest BCUT2D eigenvalue weighted by atomic mass is 9.75. The average Bonchev–Trinajstić information content (AvgIpc) is 3.21. The van der Waals surface area contributed by atoms with Crippen molar-refractivity contribution in [3.8, 4) is 0 Å². The molecule has 0 radical (unpaired) electrons. The predicted molar refractivity (Wildman–Crippen MR) is 100 cm³/mol. The molecule has 0 N–H and O–H groups in total. The monoisotopic (exact) mass is 353 g/mol. The van der Waals surface area contributed by atoms with E-state index in [-0.39, 0.29) is 11.7 Å². The smallest absolute Gasteiger partial charge is 0.254 e. The Labute approximate surface area is 152 Å². The molecule has 1 aliphatic heterocycles. The van der Waals surface area contributed by atoms with Crippen LogP contribution in [0.2, 0.25) is 0 Å². The Morgan fingerprint density at radius 2 is 1.68 bits per heavy atom. The number of rotatable bonds is 3. The number of carbonyl (C=O) groups excluding carboxylic acids is 2. The van der Waals surface area contributed by atoms with Gasteiger partial charge >= 0.3 is 0 Å². The lowest BCUT2D eigenvalue weighted by Gasteiger charge is -2.41. The standard InChI is InChI=1S/C21H23NO2S/c23-20(19-10-5-13-25-19)17-8-3-4-9-18(17)21(24)22-12-11-15-6-1-2-7-16(15)14-22/h3-5,8-10,13,15-16H,1-2,6-7,11-12,14H2/t15-,16-/m0/s1. The number of hydrogen-bond donors (Lipinski definition) is 0. The van der Waals surface area contributed by atoms with Gasteiger partial charge in [0.1, 0.15) is 0 Å². The Morgan fingerprint density at radius 3 is 2.44 bits per heavy atom. The van der Waals surface area contributed by atoms with Crippen LogP contribution in [0, 0.1) is 11.8 Å². The second kappa shape index (κ2) is 7.12. The first-order chi connectivity index (χ1) is 12.2. The van der Waals surface area contributed by atoms with E-state index >= 15 is 0 Å². The zero-order valence-electron chi connectivity index (χ0n) is 14.3. The normalized spacial score (nSPS) is 23.1. The van der Waals surface area contributed by atoms with Gasteiger partial charge in [0.25, 0.3) is 5.91 Å². The van der Waals surface area contributed by atoms with Crippen LogP contribution in [-0.4, -0.2) is 29.7 Å². The number of benzene rings is 1. The highest BCUT2D eigenvalue weighted by Crippen LogP contribution is 2.36. The van der Waals surface area contributed by atoms with Crippen molar-refractivity contribution < 1.29 is 9.59 Å². The van der Waals surface area contributed by atoms with Crippen molar-refractivity contribution in [1.29, 1.82) is 0 Å². The van der Waals surface area contributed by atoms with E-state index in [0.717, 1.165) is 25.4 Å². The molecule has 3 nitrogen and oxygen atoms in total. The quantitative estimate of drug-likeness (QED) is 0.754. The third-order valence-corrected chi connectivity index (χ3v) is 6.59. The second-order valence-electron chi connectivity index (χ2n) is 7.20. The number of amides is 1. The molecule has 0 unspecified atom stereocenters. The van der Waals surface area contributed by atoms with Crippen LogP contribution in [0.25, 0.3) is 0 Å². The third-order valence-electron chi connectivity index (χ3n) is 5.73. The summed E-state index contributed by atoms with van der Waals surface area (Å²) in [5.41, 5.74) is 1.08. The Balaban J connectivity index is 1.57. The van der Waals surface area contributed by atoms with Crippen molar-refractivity contribution >= 4 is 23.0 Å². The molecule has 1 saturated heterocycles. The number of carbonyl (C=O) groups is 2. The summed E-state index contributed by atoms with van der Waals surface area (Å²) >= 11 is 1.42. The number of likely N-dealkylation sites (tertiary alicyclic amines) is 1. The van der Waals surface area contributed by atoms with E-state index in [1.54, 1.807) is 12.1 Å². The average molecular weight is 353 g/mol. The minimum absolute atomic E-state index is 0.0181. The third kappa shape index (κ3) is 3.28. The van der Waals surface area contributed by atoms with Crippen molar-refractivity contribution in [2.24, 2.45) is 11.8 Å². The number of fused-ring (bicyclic) bond motifs is 1. The summed E-state index contributed by atoms with van der Waals surface area (Å²) in [6, 6.07) is 11.0. The predicted octanol–water partition coefficient (Wildman–Crippen LogP) is 4.63. The second-order valence-corrected chi connectivity index (χ2v) is 8.14. The lowest BCUT2D eigenvalue weighted by molar-refractivity contribution is 0.0519. The molecule has 1 saturated carbocycles. The van der Waals surface area contributed by atoms with Gasteiger partial charge in [-0.05, 0) is 42.2 Å². The van der Waals surface area contributed by atoms with E-state index in [1.165, 1.54) is 37.0 Å². The summed E-state index contributed by atoms with van der Waals surface area (Å²) < 4.78 is 0. The van der Waals surface area contributed by atoms with E-state index in [1.807, 2.05) is 34.5 Å². The number of hydrogen-bond acceptors (Lipinski definition) is 3. The molecule has 130 valence electrons. The first kappa shape index (κ1) is 16.5. The molecule has 2 heterocycles. The Kier molecular flexibility index (Phi) is 4.71. The van der Waals surface area contributed by atoms with Crippen molar-refractivity contribution in [3.63, 3.8) is 0 Å². The maximum atomic E-state index is 13.1. The van der Waals surface area contributed by atoms with Gasteiger partial charge in [-0.25, -0.2) is 0 Å². The number of piperidine rings is 1. The van der Waals surface area contributed by atoms with Crippen LogP contribution in [-0.2, 0) is 0 Å². The molecule has 0 bridgehead atoms. The molecule has 2 aromatic rings. The minimum Gasteiger partial charge on any atom is -0.338 e. The Hall–Kier alpha value is -1.94. The maximum Gasteiger partial charge on any atom is 0.254 e. The van der Waals surface area contributed by atoms with Gasteiger partial charge in [-0.1, -0.05) is 43.5 Å². The van der Waals surface area contributed by atoms with Crippen LogP contribution in [0.1, 0.15) is 57.7 Å². The number of thiophene rings is 1. The summed E-state index contributed by atoms with van der Waals surface area (Å²) in [5.74, 6) is 1.41. The van der Waals surface area contributed by atoms with Gasteiger partial charge in [-0.3, -0.25) is 9.59 Å². The van der Waals surface area contributed by atoms with Crippen LogP contribution in [0.15, 0.2) is 41.8 Å². The summed E-state index contributed by atoms with van der Waals surface area (Å²) in [6.07, 6.45) is 6.30. The van der Waals surface area contributed by atoms with Crippen molar-refractivity contribution in [2.75, 3.05) is 13.1 Å². The molecule has 1 amide bonds. The summed E-state index contributed by atoms with van der Waals surface area (Å²) in [7, 11) is 0. The van der Waals surface area contributed by atoms with Crippen LogP contribution in [0.3, 0.4) is 0 Å². The SMILES string of the molecule is O=C(c1cccs1)c1ccccc1C(=O)N1CC[C@@H]2CCCC[C@H]2C1. The highest BCUT2D eigenvalue weighted by atomic mass is 32.1. The highest BCUT2D eigenvalue weighted by molar-refractivity contribution is 7.12. The molecule has 1 aromatic carbocycles. The van der Waals surface area contributed by atoms with Crippen LogP contribution < -0.4 is 0 Å². The Morgan fingerprint density at radius 1 is 0.920 bits per heavy atom. The molecule has 25 heavy (non-hydrogen) atoms. The summed E-state index contributed by atoms with van der Waals surface area (Å²) in [6.45, 7) is 1.67. The lowest BCUT2D eigenvalue weighted by Crippen LogP contribution is -2.45. The molecule has 1 aromatic heterocycles. The van der Waals surface area contributed by atoms with Gasteiger partial charge < -0.3 is 4.90 Å². The number of ketones is 1. The largest absolute Gasteiger partial charge is 0.338 e. The summed E-state index contributed by atoms with van der Waals surface area (Å²) in [4.78, 5) is 28.6. The van der Waals surface area contributed by atoms with E-state index in [9.17, 15) is 9.59 Å². The van der Waals surface area contributed by atoms with E-state index < -0.39 is 0 Å². The molecule has 2 atom stereocenters. The summed E-state index contributed by atoms with van der Waals surface area (Å²) in [5, 5.41) is 1.89. The van der Waals surface area contributed by atoms with Crippen molar-refractivity contribution in [3.05, 3.63) is 57.8 Å². The molecule has 4 heteroatoms. The molecule has 1 aliphatic carbocycles. The van der Waals surface area contributed by atoms with Crippen molar-refractivity contribution in [1.82, 2.24) is 4.90 Å². The fourth-order valence-electron chi connectivity index (χ4n) is 4.36. The molecular weight excluding hydrogens is 330 g/mol. The van der Waals surface area contributed by atoms with Gasteiger partial charge in [0.15, 0.2) is 0 Å². The zero-order chi connectivity index (χ0) is 17.2. The van der Waals surface area contributed by atoms with E-state index in [4.69, 9.17) is 0 Å². The Bertz CT molecular complexity index is 768. The molecule has 0 spiro atoms. The molecule has 4 rings (SSSR count). The molecule has 2 aliphatic rings. The maximum absolute atomic E-state index is 13.1. The van der Waals surface area contributed by atoms with E-state index in [0.29, 0.717) is 21.9 Å². The van der Waals surface area contributed by atoms with Gasteiger partial charge in [-0.15, -0.1) is 11.3 Å². The number of nitrogens with zero attached hydrogens (tertiary/aromatic N) is 1. The highest BCUT2D eigenvalue weighted by Gasteiger charge is 2.34. The van der Waals surface area contributed by atoms with Gasteiger partial charge in [0.2, 0.25) is 5.78 Å². The topological polar surface area (TPSA) is 37.4 Å². The van der Waals surface area contributed by atoms with Crippen LogP contribution in [0.4, 0.5) is 0 Å². The molecule has 2 fully saturated rings. The first-order valence-corrected chi connectivity index (χ1v) is 10.1. The van der Waals surface area contributed by atoms with Crippen molar-refractivity contribution in [2.45, 2.75) is 32.1 Å². The van der Waals surface area contributed by atoms with Crippen LogP contribution in [0.5, 0.6) is 0 Å². The van der Waals surface area contributed by atoms with Crippen LogP contribution >= 0.6 is 11.3 Å². The fourth-order valence-corrected chi connectivity index (χ4v) is 5.04.